The maximum Gasteiger partial charge on any atom is 0.415 e. The number of rotatable bonds is 10. The highest BCUT2D eigenvalue weighted by Gasteiger charge is 2.57. The third kappa shape index (κ3) is 7.41. The van der Waals surface area contributed by atoms with Crippen molar-refractivity contribution < 1.29 is 33.4 Å². The number of urea groups is 1. The number of nitrogens with one attached hydrogen (secondary N) is 5. The van der Waals surface area contributed by atoms with E-state index >= 15 is 0 Å². The van der Waals surface area contributed by atoms with Crippen molar-refractivity contribution in [2.75, 3.05) is 27.3 Å². The Kier molecular flexibility index (Phi) is 10.2. The smallest absolute Gasteiger partial charge is 0.415 e. The second kappa shape index (κ2) is 16.4. The molecular weight excluding hydrogens is 839 g/mol. The highest BCUT2D eigenvalue weighted by atomic mass is 16.5. The van der Waals surface area contributed by atoms with Crippen molar-refractivity contribution in [3.05, 3.63) is 143 Å². The maximum atomic E-state index is 14.3. The summed E-state index contributed by atoms with van der Waals surface area (Å²) >= 11 is 0. The summed E-state index contributed by atoms with van der Waals surface area (Å²) in [6.45, 7) is 1.14. The van der Waals surface area contributed by atoms with Gasteiger partial charge in [-0.15, -0.1) is 0 Å². The first-order valence-corrected chi connectivity index (χ1v) is 22.2. The van der Waals surface area contributed by atoms with Crippen LogP contribution in [0.1, 0.15) is 70.9 Å². The van der Waals surface area contributed by atoms with E-state index in [2.05, 4.69) is 67.1 Å². The highest BCUT2D eigenvalue weighted by molar-refractivity contribution is 5.94. The summed E-state index contributed by atoms with van der Waals surface area (Å²) in [5.41, 5.74) is 9.69. The summed E-state index contributed by atoms with van der Waals surface area (Å²) in [5, 5.41) is 7.53. The quantitative estimate of drug-likeness (QED) is 0.0960. The van der Waals surface area contributed by atoms with E-state index < -0.39 is 30.3 Å². The molecule has 11 rings (SSSR count). The number of imide groups is 1. The van der Waals surface area contributed by atoms with E-state index in [0.29, 0.717) is 47.8 Å². The van der Waals surface area contributed by atoms with Gasteiger partial charge >= 0.3 is 18.2 Å². The number of methoxy groups -OCH3 is 2. The molecule has 5 N–H and O–H groups in total. The number of aromatic amines is 2. The van der Waals surface area contributed by atoms with Crippen LogP contribution in [0.5, 0.6) is 0 Å². The van der Waals surface area contributed by atoms with Crippen LogP contribution in [0.25, 0.3) is 33.6 Å². The topological polar surface area (TPSA) is 204 Å². The minimum absolute atomic E-state index is 0.193. The van der Waals surface area contributed by atoms with Crippen LogP contribution in [-0.4, -0.2) is 87.1 Å². The molecule has 3 aliphatic carbocycles. The average molecular weight is 886 g/mol. The first-order valence-electron chi connectivity index (χ1n) is 22.2. The lowest BCUT2D eigenvalue weighted by atomic mass is 10.0. The monoisotopic (exact) mass is 885 g/mol. The molecule has 334 valence electrons. The average Bonchev–Trinajstić information content (AvgIpc) is 3.81. The molecule has 0 bridgehead atoms. The predicted octanol–water partition coefficient (Wildman–Crippen LogP) is 6.98. The van der Waals surface area contributed by atoms with Crippen molar-refractivity contribution in [2.45, 2.75) is 43.4 Å². The molecule has 6 amide bonds. The molecule has 2 aromatic heterocycles. The van der Waals surface area contributed by atoms with Gasteiger partial charge in [0.05, 0.1) is 50.1 Å². The van der Waals surface area contributed by atoms with Crippen molar-refractivity contribution in [1.82, 2.24) is 45.7 Å². The molecule has 0 unspecified atom stereocenters. The van der Waals surface area contributed by atoms with E-state index in [9.17, 15) is 24.0 Å². The van der Waals surface area contributed by atoms with Gasteiger partial charge < -0.3 is 39.9 Å². The lowest BCUT2D eigenvalue weighted by Gasteiger charge is -2.30. The van der Waals surface area contributed by atoms with Crippen molar-refractivity contribution in [3.8, 4) is 33.6 Å². The van der Waals surface area contributed by atoms with E-state index in [1.165, 1.54) is 29.4 Å². The first-order chi connectivity index (χ1) is 32.1. The van der Waals surface area contributed by atoms with Crippen LogP contribution in [0.2, 0.25) is 0 Å². The number of aromatic nitrogens is 4. The molecule has 5 aliphatic rings. The molecule has 8 atom stereocenters. The Morgan fingerprint density at radius 1 is 0.621 bits per heavy atom. The number of likely N-dealkylation sites (tertiary alicyclic amines) is 2. The van der Waals surface area contributed by atoms with Crippen molar-refractivity contribution >= 4 is 30.0 Å². The predicted molar refractivity (Wildman–Crippen MR) is 240 cm³/mol. The zero-order valence-electron chi connectivity index (χ0n) is 36.2. The van der Waals surface area contributed by atoms with Crippen LogP contribution in [0.3, 0.4) is 0 Å². The third-order valence-corrected chi connectivity index (χ3v) is 14.0. The van der Waals surface area contributed by atoms with Crippen molar-refractivity contribution in [3.63, 3.8) is 0 Å². The van der Waals surface area contributed by atoms with E-state index in [1.807, 2.05) is 53.7 Å². The fourth-order valence-electron chi connectivity index (χ4n) is 10.6. The third-order valence-electron chi connectivity index (χ3n) is 14.0. The van der Waals surface area contributed by atoms with Gasteiger partial charge in [-0.3, -0.25) is 9.59 Å². The Bertz CT molecular complexity index is 2900. The second-order valence-electron chi connectivity index (χ2n) is 17.9. The number of imidazole rings is 2. The Balaban J connectivity index is 0.797. The van der Waals surface area contributed by atoms with E-state index in [0.717, 1.165) is 54.7 Å². The zero-order valence-corrected chi connectivity index (χ0v) is 36.2. The Labute approximate surface area is 379 Å². The minimum atomic E-state index is -1.03. The number of hydrogen-bond donors (Lipinski definition) is 5. The van der Waals surface area contributed by atoms with Gasteiger partial charge in [-0.1, -0.05) is 84.9 Å². The number of fused-ring (bicyclic) bond motifs is 5. The fourth-order valence-corrected chi connectivity index (χ4v) is 10.6. The molecule has 0 spiro atoms. The van der Waals surface area contributed by atoms with Crippen LogP contribution >= 0.6 is 0 Å². The molecular formula is C50H47N9O7. The Morgan fingerprint density at radius 2 is 1.09 bits per heavy atom. The van der Waals surface area contributed by atoms with Crippen LogP contribution in [0.15, 0.2) is 109 Å². The summed E-state index contributed by atoms with van der Waals surface area (Å²) in [7, 11) is 2.45. The number of ether oxygens (including phenoxy) is 2. The summed E-state index contributed by atoms with van der Waals surface area (Å²) < 4.78 is 9.45. The molecule has 4 heterocycles. The van der Waals surface area contributed by atoms with Crippen molar-refractivity contribution in [2.24, 2.45) is 23.7 Å². The van der Waals surface area contributed by atoms with Gasteiger partial charge in [0.15, 0.2) is 0 Å². The summed E-state index contributed by atoms with van der Waals surface area (Å²) in [6.07, 6.45) is 4.82. The van der Waals surface area contributed by atoms with Crippen LogP contribution in [-0.2, 0) is 25.5 Å². The number of piperidine rings is 2. The molecule has 2 saturated heterocycles. The molecule has 6 aromatic rings. The number of H-pyrrole nitrogens is 2. The number of carbonyl (C=O) groups is 5. The van der Waals surface area contributed by atoms with Crippen LogP contribution < -0.4 is 16.0 Å². The summed E-state index contributed by atoms with van der Waals surface area (Å²) in [4.78, 5) is 85.9. The molecule has 2 saturated carbocycles. The largest absolute Gasteiger partial charge is 0.453 e. The van der Waals surface area contributed by atoms with Crippen molar-refractivity contribution in [1.29, 1.82) is 0 Å². The second-order valence-corrected chi connectivity index (χ2v) is 17.9. The van der Waals surface area contributed by atoms with Gasteiger partial charge in [0.25, 0.3) is 11.8 Å². The number of carbonyl (C=O) groups excluding carboxylic acids is 5. The van der Waals surface area contributed by atoms with Gasteiger partial charge in [0.1, 0.15) is 23.7 Å². The lowest BCUT2D eigenvalue weighted by molar-refractivity contribution is -0.136. The van der Waals surface area contributed by atoms with E-state index in [1.54, 1.807) is 29.2 Å². The SMILES string of the molecule is COC(=O)NC(=O)N[C@@H](C(=O)N1C[C@@H]2C[C@@H]2[C@@H]1c1ncc(-c2ccc3c(c2)Cc2cc(-c4cnc([C@H]5[C@H]6C[C@H]6CN5C(=O)[C@@H](NC(=O)OC)c5ccccc5)[nH]4)ccc2-3)[nH]1)c1ccccc1. The number of hydrogen-bond acceptors (Lipinski definition) is 9. The highest BCUT2D eigenvalue weighted by Crippen LogP contribution is 2.57. The van der Waals surface area contributed by atoms with Gasteiger partial charge in [-0.25, -0.2) is 29.7 Å². The van der Waals surface area contributed by atoms with E-state index in [4.69, 9.17) is 14.7 Å². The number of nitrogens with zero attached hydrogens (tertiary/aromatic N) is 4. The molecule has 2 aliphatic heterocycles. The normalized spacial score (nSPS) is 22.5. The molecule has 66 heavy (non-hydrogen) atoms. The standard InChI is InChI=1S/C50H47N9O7/c1-65-49(63)56-41(27-11-7-4-8-12-27)47(61)59-25-33-21-37(33)43(59)45-52-23-39(54-45)29-14-16-35-31(18-29)19-30-17-28(13-15-34(30)35)38-22-51-44(53-38)42-36-20-32(36)24-58(42)46(60)40(26-9-5-3-6-10-26)55-48(62)57-50(64)66-2/h3-18,22-23,32-33,36-37,40-43H,19-21,24-25H2,1-2H3,(H,51,53)(H,52,54)(H,56,63)(H2,55,57,62,64)/t32-,33-,36-,37-,40+,41-,42+,43+/m0/s1. The van der Waals surface area contributed by atoms with Gasteiger partial charge in [0, 0.05) is 13.1 Å². The lowest BCUT2D eigenvalue weighted by Crippen LogP contribution is -2.48. The minimum Gasteiger partial charge on any atom is -0.453 e. The zero-order chi connectivity index (χ0) is 45.2. The Hall–Kier alpha value is -7.75. The molecule has 4 aromatic carbocycles. The maximum absolute atomic E-state index is 14.3. The number of amides is 6. The number of alkyl carbamates (subject to hydrolysis) is 2. The van der Waals surface area contributed by atoms with Gasteiger partial charge in [-0.2, -0.15) is 0 Å². The molecule has 0 radical (unpaired) electrons. The van der Waals surface area contributed by atoms with Gasteiger partial charge in [0.2, 0.25) is 0 Å². The number of benzene rings is 4. The van der Waals surface area contributed by atoms with Crippen LogP contribution in [0.4, 0.5) is 14.4 Å². The molecule has 16 nitrogen and oxygen atoms in total. The fraction of sp³-hybridized carbons (Fsp3) is 0.300. The molecule has 4 fully saturated rings. The Morgan fingerprint density at radius 3 is 1.56 bits per heavy atom. The molecule has 16 heteroatoms. The summed E-state index contributed by atoms with van der Waals surface area (Å²) in [5.74, 6) is 2.22. The van der Waals surface area contributed by atoms with Gasteiger partial charge in [-0.05, 0) is 99.6 Å². The van der Waals surface area contributed by atoms with Crippen LogP contribution in [0, 0.1) is 23.7 Å². The van der Waals surface area contributed by atoms with E-state index in [-0.39, 0.29) is 29.8 Å². The summed E-state index contributed by atoms with van der Waals surface area (Å²) in [6, 6.07) is 27.8. The first kappa shape index (κ1) is 41.0.